The van der Waals surface area contributed by atoms with E-state index in [2.05, 4.69) is 0 Å². The fourth-order valence-corrected chi connectivity index (χ4v) is 4.68. The van der Waals surface area contributed by atoms with Gasteiger partial charge in [0.1, 0.15) is 41.0 Å². The zero-order valence-corrected chi connectivity index (χ0v) is 23.0. The van der Waals surface area contributed by atoms with Crippen molar-refractivity contribution in [2.45, 2.75) is 6.18 Å². The minimum Gasteiger partial charge on any atom is -0.203 e. The van der Waals surface area contributed by atoms with Gasteiger partial charge in [-0.25, -0.2) is 52.7 Å². The van der Waals surface area contributed by atoms with Crippen LogP contribution in [0.25, 0.3) is 16.7 Å². The van der Waals surface area contributed by atoms with Gasteiger partial charge in [0.25, 0.3) is 0 Å². The van der Waals surface area contributed by atoms with Gasteiger partial charge >= 0.3 is 6.18 Å². The molecule has 4 nitrogen and oxygen atoms in total. The van der Waals surface area contributed by atoms with Crippen molar-refractivity contribution in [1.82, 2.24) is 0 Å². The topological polar surface area (TPSA) is 95.2 Å². The first-order valence-electron chi connectivity index (χ1n) is 12.3. The van der Waals surface area contributed by atoms with Crippen LogP contribution in [0.4, 0.5) is 65.9 Å². The van der Waals surface area contributed by atoms with Gasteiger partial charge in [-0.1, -0.05) is 5.92 Å². The van der Waals surface area contributed by atoms with Crippen molar-refractivity contribution in [3.8, 4) is 36.6 Å². The van der Waals surface area contributed by atoms with Crippen LogP contribution in [0.5, 0.6) is 0 Å². The molecule has 0 saturated heterocycles. The van der Waals surface area contributed by atoms with Gasteiger partial charge in [0.05, 0.1) is 33.4 Å². The molecule has 1 aliphatic rings. The average Bonchev–Trinajstić information content (AvgIpc) is 3.77. The van der Waals surface area contributed by atoms with Crippen molar-refractivity contribution < 1.29 is 65.9 Å². The third-order valence-corrected chi connectivity index (χ3v) is 6.85. The number of terminal acetylenes is 1. The van der Waals surface area contributed by atoms with Crippen molar-refractivity contribution in [2.24, 2.45) is 0 Å². The van der Waals surface area contributed by atoms with Crippen LogP contribution in [-0.4, -0.2) is 0 Å². The molecular weight excluding hydrogens is 713 g/mol. The Morgan fingerprint density at radius 1 is 0.420 bits per heavy atom. The highest BCUT2D eigenvalue weighted by Crippen LogP contribution is 2.57. The molecule has 1 fully saturated rings. The fourth-order valence-electron chi connectivity index (χ4n) is 4.68. The molecular formula is C31HF15N4. The number of hydrogen-bond donors (Lipinski definition) is 0. The monoisotopic (exact) mass is 714 g/mol. The summed E-state index contributed by atoms with van der Waals surface area (Å²) in [5.74, 6) is -31.4. The fraction of sp³-hybridized carbons (Fsp3) is 0.0323. The maximum Gasteiger partial charge on any atom is 0.422 e. The predicted octanol–water partition coefficient (Wildman–Crippen LogP) is 8.47. The molecule has 1 aliphatic carbocycles. The second-order valence-corrected chi connectivity index (χ2v) is 9.36. The third-order valence-electron chi connectivity index (χ3n) is 6.85. The Morgan fingerprint density at radius 3 is 0.900 bits per heavy atom. The number of allylic oxidation sites excluding steroid dienone is 6. The summed E-state index contributed by atoms with van der Waals surface area (Å²) in [5.41, 5.74) is -24.1. The van der Waals surface area contributed by atoms with Crippen LogP contribution in [-0.2, 0) is 6.18 Å². The maximum atomic E-state index is 15.1. The van der Waals surface area contributed by atoms with Crippen LogP contribution >= 0.6 is 0 Å². The number of benzene rings is 3. The third kappa shape index (κ3) is 5.06. The van der Waals surface area contributed by atoms with E-state index in [9.17, 15) is 55.3 Å². The molecule has 50 heavy (non-hydrogen) atoms. The summed E-state index contributed by atoms with van der Waals surface area (Å²) in [6, 6.07) is 3.28. The first-order chi connectivity index (χ1) is 23.3. The minimum atomic E-state index is -6.14. The number of nitriles is 4. The van der Waals surface area contributed by atoms with Gasteiger partial charge < -0.3 is 0 Å². The second-order valence-electron chi connectivity index (χ2n) is 9.36. The lowest BCUT2D eigenvalue weighted by atomic mass is 9.98. The number of hydrogen-bond acceptors (Lipinski definition) is 4. The van der Waals surface area contributed by atoms with E-state index < -0.39 is 143 Å². The summed E-state index contributed by atoms with van der Waals surface area (Å²) >= 11 is 0. The molecule has 0 heterocycles. The van der Waals surface area contributed by atoms with E-state index in [4.69, 9.17) is 11.7 Å². The van der Waals surface area contributed by atoms with Gasteiger partial charge in [-0.05, 0) is 0 Å². The maximum absolute atomic E-state index is 15.1. The molecule has 0 radical (unpaired) electrons. The highest BCUT2D eigenvalue weighted by atomic mass is 19.4. The van der Waals surface area contributed by atoms with E-state index in [1.807, 2.05) is 0 Å². The summed E-state index contributed by atoms with van der Waals surface area (Å²) in [5, 5.41) is 38.1. The van der Waals surface area contributed by atoms with E-state index in [0.29, 0.717) is 0 Å². The Balaban J connectivity index is 2.38. The molecule has 0 amide bonds. The van der Waals surface area contributed by atoms with Gasteiger partial charge in [-0.2, -0.15) is 34.2 Å². The molecule has 3 aromatic rings. The van der Waals surface area contributed by atoms with Gasteiger partial charge in [0.15, 0.2) is 69.8 Å². The van der Waals surface area contributed by atoms with Crippen LogP contribution in [0.15, 0.2) is 16.7 Å². The van der Waals surface area contributed by atoms with E-state index in [0.717, 1.165) is 24.3 Å². The number of halogens is 15. The smallest absolute Gasteiger partial charge is 0.203 e. The number of nitrogens with zero attached hydrogens (tertiary/aromatic N) is 4. The number of alkyl halides is 3. The van der Waals surface area contributed by atoms with Crippen molar-refractivity contribution >= 4 is 16.7 Å². The number of rotatable bonds is 3. The summed E-state index contributed by atoms with van der Waals surface area (Å²) in [6.45, 7) is 0. The highest BCUT2D eigenvalue weighted by molar-refractivity contribution is 6.12. The largest absolute Gasteiger partial charge is 0.422 e. The van der Waals surface area contributed by atoms with Gasteiger partial charge in [-0.3, -0.25) is 0 Å². The minimum absolute atomic E-state index is 0.723. The summed E-state index contributed by atoms with van der Waals surface area (Å²) in [6.07, 6.45) is -1.35. The van der Waals surface area contributed by atoms with Crippen molar-refractivity contribution in [3.63, 3.8) is 0 Å². The predicted molar refractivity (Wildman–Crippen MR) is 134 cm³/mol. The molecule has 0 aliphatic heterocycles. The standard InChI is InChI=1S/C31HF15N4/c1-2-7-19(32)23(36)15(24(37)20(7)33)8(3-47)12-13(9(4-48)16-25(38)21(34)11(6-50)22(35)26(16)39)14(12)10(5-49)17-27(40)29(42)18(31(44,45)46)30(43)28(17)41/h1H/b12-8-,13-9?,14-10-. The van der Waals surface area contributed by atoms with E-state index >= 15 is 26.3 Å². The van der Waals surface area contributed by atoms with Gasteiger partial charge in [0, 0.05) is 16.7 Å². The highest BCUT2D eigenvalue weighted by Gasteiger charge is 2.48. The lowest BCUT2D eigenvalue weighted by Crippen LogP contribution is -2.17. The van der Waals surface area contributed by atoms with Crippen molar-refractivity contribution in [1.29, 1.82) is 21.0 Å². The van der Waals surface area contributed by atoms with Gasteiger partial charge in [0.2, 0.25) is 0 Å². The average molecular weight is 714 g/mol. The quantitative estimate of drug-likeness (QED) is 0.118. The second kappa shape index (κ2) is 12.4. The lowest BCUT2D eigenvalue weighted by molar-refractivity contribution is -0.143. The first kappa shape index (κ1) is 36.2. The molecule has 0 N–H and O–H groups in total. The van der Waals surface area contributed by atoms with E-state index in [-0.39, 0.29) is 0 Å². The summed E-state index contributed by atoms with van der Waals surface area (Å²) in [7, 11) is 0. The van der Waals surface area contributed by atoms with Crippen LogP contribution < -0.4 is 0 Å². The molecule has 250 valence electrons. The molecule has 1 saturated carbocycles. The van der Waals surface area contributed by atoms with Crippen molar-refractivity contribution in [3.05, 3.63) is 120 Å². The van der Waals surface area contributed by atoms with E-state index in [1.54, 1.807) is 0 Å². The zero-order valence-electron chi connectivity index (χ0n) is 23.0. The molecule has 0 bridgehead atoms. The Morgan fingerprint density at radius 2 is 0.680 bits per heavy atom. The molecule has 19 heteroatoms. The SMILES string of the molecule is C#Cc1c(F)c(F)c(/C(C#N)=C2/C(=C(C#N)c3c(F)c(F)c(C#N)c(F)c3F)/C2=C(/C#N)c2c(F)c(F)c(C(F)(F)F)c(F)c2F)c(F)c1F. The molecule has 0 atom stereocenters. The van der Waals surface area contributed by atoms with Crippen LogP contribution in [0.1, 0.15) is 33.4 Å². The first-order valence-corrected chi connectivity index (χ1v) is 12.3. The summed E-state index contributed by atoms with van der Waals surface area (Å²) in [4.78, 5) is 0. The normalized spacial score (nSPS) is 15.3. The van der Waals surface area contributed by atoms with E-state index in [1.165, 1.54) is 5.92 Å². The molecule has 0 unspecified atom stereocenters. The Kier molecular flexibility index (Phi) is 8.99. The lowest BCUT2D eigenvalue weighted by Gasteiger charge is -2.13. The molecule has 3 aromatic carbocycles. The molecule has 0 spiro atoms. The Hall–Kier alpha value is -6.65. The molecule has 0 aromatic heterocycles. The zero-order chi connectivity index (χ0) is 37.9. The van der Waals surface area contributed by atoms with Crippen LogP contribution in [0.3, 0.4) is 0 Å². The van der Waals surface area contributed by atoms with Crippen LogP contribution in [0, 0.1) is 127 Å². The van der Waals surface area contributed by atoms with Crippen LogP contribution in [0.2, 0.25) is 0 Å². The Labute approximate surface area is 266 Å². The van der Waals surface area contributed by atoms with Gasteiger partial charge in [-0.15, -0.1) is 6.42 Å². The van der Waals surface area contributed by atoms with Crippen molar-refractivity contribution in [2.75, 3.05) is 0 Å². The summed E-state index contributed by atoms with van der Waals surface area (Å²) < 4.78 is 217. The Bertz CT molecular complexity index is 2230. The molecule has 4 rings (SSSR count).